The maximum absolute atomic E-state index is 13.0. The van der Waals surface area contributed by atoms with E-state index in [0.29, 0.717) is 6.42 Å². The largest absolute Gasteiger partial charge is 0.457 e. The lowest BCUT2D eigenvalue weighted by Crippen LogP contribution is -2.53. The van der Waals surface area contributed by atoms with E-state index in [0.717, 1.165) is 16.3 Å². The minimum Gasteiger partial charge on any atom is -0.457 e. The van der Waals surface area contributed by atoms with E-state index in [2.05, 4.69) is 11.6 Å². The summed E-state index contributed by atoms with van der Waals surface area (Å²) in [5.41, 5.74) is 0.551. The van der Waals surface area contributed by atoms with Crippen LogP contribution in [0, 0.1) is 24.2 Å². The molecule has 1 saturated carbocycles. The van der Waals surface area contributed by atoms with Gasteiger partial charge >= 0.3 is 5.97 Å². The van der Waals surface area contributed by atoms with Crippen LogP contribution in [-0.4, -0.2) is 45.3 Å². The summed E-state index contributed by atoms with van der Waals surface area (Å²) in [6, 6.07) is 0. The maximum Gasteiger partial charge on any atom is 0.312 e. The van der Waals surface area contributed by atoms with Gasteiger partial charge in [-0.15, -0.1) is 17.9 Å². The van der Waals surface area contributed by atoms with Crippen molar-refractivity contribution in [2.24, 2.45) is 17.3 Å². The molecule has 1 aromatic rings. The maximum atomic E-state index is 13.0. The average Bonchev–Trinajstić information content (AvgIpc) is 3.06. The van der Waals surface area contributed by atoms with Gasteiger partial charge in [0.2, 0.25) is 0 Å². The number of carbonyl (C=O) groups is 2. The lowest BCUT2D eigenvalue weighted by Gasteiger charge is -2.42. The number of aliphatic hydroxyl groups excluding tert-OH is 2. The molecule has 1 aromatic heterocycles. The number of hydrogen-bond donors (Lipinski definition) is 2. The second kappa shape index (κ2) is 9.98. The lowest BCUT2D eigenvalue weighted by atomic mass is 9.63. The van der Waals surface area contributed by atoms with Gasteiger partial charge in [-0.05, 0) is 45.3 Å². The van der Waals surface area contributed by atoms with Gasteiger partial charge in [0.25, 0.3) is 0 Å². The summed E-state index contributed by atoms with van der Waals surface area (Å²) in [5.74, 6) is -1.98. The van der Waals surface area contributed by atoms with Gasteiger partial charge in [0.05, 0.1) is 34.2 Å². The van der Waals surface area contributed by atoms with Crippen molar-refractivity contribution in [3.8, 4) is 0 Å². The molecule has 1 heterocycles. The molecule has 1 unspecified atom stereocenters. The van der Waals surface area contributed by atoms with Crippen LogP contribution in [0.25, 0.3) is 6.08 Å². The number of carbonyl (C=O) groups excluding carboxylic acids is 2. The number of aryl methyl sites for hydroxylation is 1. The molecule has 2 rings (SSSR count). The number of ether oxygens (including phenoxy) is 1. The topological polar surface area (TPSA) is 96.7 Å². The van der Waals surface area contributed by atoms with Gasteiger partial charge in [-0.3, -0.25) is 9.59 Å². The van der Waals surface area contributed by atoms with Crippen molar-refractivity contribution in [1.29, 1.82) is 0 Å². The Morgan fingerprint density at radius 3 is 2.70 bits per heavy atom. The minimum atomic E-state index is -1.14. The Kier molecular flexibility index (Phi) is 8.13. The molecule has 0 spiro atoms. The summed E-state index contributed by atoms with van der Waals surface area (Å²) in [6.07, 6.45) is 2.09. The molecule has 30 heavy (non-hydrogen) atoms. The van der Waals surface area contributed by atoms with E-state index in [1.807, 2.05) is 25.3 Å². The van der Waals surface area contributed by atoms with Crippen LogP contribution in [0.4, 0.5) is 0 Å². The third-order valence-electron chi connectivity index (χ3n) is 5.75. The second-order valence-corrected chi connectivity index (χ2v) is 9.85. The van der Waals surface area contributed by atoms with E-state index in [-0.39, 0.29) is 18.6 Å². The highest BCUT2D eigenvalue weighted by Gasteiger charge is 2.51. The number of nitrogens with zero attached hydrogens (tertiary/aromatic N) is 1. The zero-order valence-electron chi connectivity index (χ0n) is 18.4. The molecule has 1 aliphatic rings. The average molecular weight is 436 g/mol. The van der Waals surface area contributed by atoms with Crippen LogP contribution in [0.15, 0.2) is 23.6 Å². The molecule has 0 amide bonds. The Balaban J connectivity index is 2.21. The quantitative estimate of drug-likeness (QED) is 0.477. The zero-order chi connectivity index (χ0) is 22.6. The summed E-state index contributed by atoms with van der Waals surface area (Å²) in [7, 11) is 0. The van der Waals surface area contributed by atoms with E-state index in [1.165, 1.54) is 0 Å². The molecule has 2 N–H and O–H groups in total. The molecular weight excluding hydrogens is 402 g/mol. The molecule has 0 saturated heterocycles. The van der Waals surface area contributed by atoms with E-state index < -0.39 is 41.5 Å². The number of hydrogen-bond acceptors (Lipinski definition) is 7. The van der Waals surface area contributed by atoms with Gasteiger partial charge in [0.1, 0.15) is 11.9 Å². The fourth-order valence-electron chi connectivity index (χ4n) is 4.04. The summed E-state index contributed by atoms with van der Waals surface area (Å²) < 4.78 is 5.79. The van der Waals surface area contributed by atoms with Crippen molar-refractivity contribution in [3.05, 3.63) is 34.3 Å². The molecule has 6 nitrogen and oxygen atoms in total. The highest BCUT2D eigenvalue weighted by Crippen LogP contribution is 2.42. The number of esters is 1. The number of rotatable bonds is 8. The first-order chi connectivity index (χ1) is 14.0. The molecule has 1 fully saturated rings. The number of thiazole rings is 1. The monoisotopic (exact) mass is 435 g/mol. The van der Waals surface area contributed by atoms with Gasteiger partial charge in [-0.25, -0.2) is 4.98 Å². The SMILES string of the molecule is C=CCC(OC(=O)[C@@H]1C[C@H](C[C@@H](C)O)C(=O)C(C)(C)[C@@H]1O)/C(C)=C/c1csc(C)n1. The molecule has 0 aromatic carbocycles. The van der Waals surface area contributed by atoms with Crippen LogP contribution in [0.1, 0.15) is 57.7 Å². The van der Waals surface area contributed by atoms with E-state index in [4.69, 9.17) is 4.74 Å². The highest BCUT2D eigenvalue weighted by molar-refractivity contribution is 7.09. The van der Waals surface area contributed by atoms with Gasteiger partial charge in [0, 0.05) is 17.7 Å². The Hall–Kier alpha value is -1.83. The Morgan fingerprint density at radius 2 is 2.17 bits per heavy atom. The summed E-state index contributed by atoms with van der Waals surface area (Å²) in [6.45, 7) is 12.5. The summed E-state index contributed by atoms with van der Waals surface area (Å²) >= 11 is 1.54. The van der Waals surface area contributed by atoms with Crippen molar-refractivity contribution >= 4 is 29.2 Å². The molecule has 0 radical (unpaired) electrons. The zero-order valence-corrected chi connectivity index (χ0v) is 19.2. The van der Waals surface area contributed by atoms with Gasteiger partial charge in [-0.2, -0.15) is 0 Å². The fraction of sp³-hybridized carbons (Fsp3) is 0.609. The van der Waals surface area contributed by atoms with E-state index in [9.17, 15) is 19.8 Å². The minimum absolute atomic E-state index is 0.127. The molecule has 0 aliphatic heterocycles. The first kappa shape index (κ1) is 24.4. The van der Waals surface area contributed by atoms with Gasteiger partial charge in [-0.1, -0.05) is 19.9 Å². The van der Waals surface area contributed by atoms with Crippen LogP contribution in [0.2, 0.25) is 0 Å². The predicted molar refractivity (Wildman–Crippen MR) is 118 cm³/mol. The van der Waals surface area contributed by atoms with Crippen molar-refractivity contribution in [2.75, 3.05) is 0 Å². The van der Waals surface area contributed by atoms with Crippen molar-refractivity contribution < 1.29 is 24.5 Å². The summed E-state index contributed by atoms with van der Waals surface area (Å²) in [4.78, 5) is 30.2. The van der Waals surface area contributed by atoms with Crippen molar-refractivity contribution in [3.63, 3.8) is 0 Å². The molecular formula is C23H33NO5S. The standard InChI is InChI=1S/C23H33NO5S/c1-7-8-19(13(2)9-17-12-30-15(4)24-17)29-22(28)18-11-16(10-14(3)25)20(26)23(5,6)21(18)27/h7,9,12,14,16,18-19,21,25,27H,1,8,10-11H2,2-6H3/b13-9+/t14-,16+,18-,19?,21-/m1/s1. The Labute approximate surface area is 182 Å². The van der Waals surface area contributed by atoms with E-state index in [1.54, 1.807) is 38.2 Å². The molecule has 1 aliphatic carbocycles. The molecule has 7 heteroatoms. The van der Waals surface area contributed by atoms with Gasteiger partial charge < -0.3 is 14.9 Å². The third kappa shape index (κ3) is 5.65. The van der Waals surface area contributed by atoms with Crippen LogP contribution in [0.3, 0.4) is 0 Å². The van der Waals surface area contributed by atoms with Crippen LogP contribution in [0.5, 0.6) is 0 Å². The number of Topliss-reactive ketones (excluding diaryl/α,β-unsaturated/α-hetero) is 1. The van der Waals surface area contributed by atoms with Crippen LogP contribution in [-0.2, 0) is 14.3 Å². The fourth-order valence-corrected chi connectivity index (χ4v) is 4.61. The predicted octanol–water partition coefficient (Wildman–Crippen LogP) is 3.71. The lowest BCUT2D eigenvalue weighted by molar-refractivity contribution is -0.169. The van der Waals surface area contributed by atoms with Crippen molar-refractivity contribution in [2.45, 2.75) is 72.2 Å². The number of ketones is 1. The van der Waals surface area contributed by atoms with E-state index >= 15 is 0 Å². The van der Waals surface area contributed by atoms with Crippen molar-refractivity contribution in [1.82, 2.24) is 4.98 Å². The molecule has 166 valence electrons. The number of aromatic nitrogens is 1. The second-order valence-electron chi connectivity index (χ2n) is 8.78. The molecule has 5 atom stereocenters. The van der Waals surface area contributed by atoms with Gasteiger partial charge in [0.15, 0.2) is 0 Å². The van der Waals surface area contributed by atoms with Crippen LogP contribution < -0.4 is 0 Å². The third-order valence-corrected chi connectivity index (χ3v) is 6.54. The number of aliphatic hydroxyl groups is 2. The Bertz CT molecular complexity index is 810. The normalized spacial score (nSPS) is 26.2. The first-order valence-electron chi connectivity index (χ1n) is 10.3. The highest BCUT2D eigenvalue weighted by atomic mass is 32.1. The first-order valence-corrected chi connectivity index (χ1v) is 11.2. The smallest absolute Gasteiger partial charge is 0.312 e. The molecule has 0 bridgehead atoms. The Morgan fingerprint density at radius 1 is 1.50 bits per heavy atom. The summed E-state index contributed by atoms with van der Waals surface area (Å²) in [5, 5.41) is 23.4. The van der Waals surface area contributed by atoms with Crippen LogP contribution >= 0.6 is 11.3 Å².